The number of anilines is 3. The molecule has 1 aromatic carbocycles. The van der Waals surface area contributed by atoms with Crippen LogP contribution in [-0.4, -0.2) is 16.2 Å². The van der Waals surface area contributed by atoms with Crippen LogP contribution in [-0.2, 0) is 0 Å². The third kappa shape index (κ3) is 3.85. The third-order valence-corrected chi connectivity index (χ3v) is 3.91. The topological polar surface area (TPSA) is 75.9 Å². The first kappa shape index (κ1) is 14.6. The van der Waals surface area contributed by atoms with Gasteiger partial charge in [-0.3, -0.25) is 0 Å². The van der Waals surface area contributed by atoms with Crippen molar-refractivity contribution in [3.8, 4) is 0 Å². The lowest BCUT2D eigenvalue weighted by atomic mass is 10.3. The summed E-state index contributed by atoms with van der Waals surface area (Å²) < 4.78 is 1.01. The van der Waals surface area contributed by atoms with Gasteiger partial charge in [-0.25, -0.2) is 15.8 Å². The number of halogens is 2. The SMILES string of the molecule is CSc1nc(NN)cc(Nc2ccc(Cl)cc2I)n1. The lowest BCUT2D eigenvalue weighted by Crippen LogP contribution is -2.10. The molecule has 0 unspecified atom stereocenters. The van der Waals surface area contributed by atoms with Crippen LogP contribution in [0.1, 0.15) is 0 Å². The molecule has 1 aromatic heterocycles. The van der Waals surface area contributed by atoms with E-state index in [2.05, 4.69) is 43.3 Å². The zero-order chi connectivity index (χ0) is 13.8. The summed E-state index contributed by atoms with van der Waals surface area (Å²) in [5.41, 5.74) is 3.45. The number of hydrogen-bond donors (Lipinski definition) is 3. The van der Waals surface area contributed by atoms with Gasteiger partial charge in [0.05, 0.1) is 5.69 Å². The van der Waals surface area contributed by atoms with Crippen LogP contribution in [0, 0.1) is 3.57 Å². The molecule has 0 saturated carbocycles. The molecule has 0 atom stereocenters. The Morgan fingerprint density at radius 2 is 2.00 bits per heavy atom. The number of hydrazine groups is 1. The highest BCUT2D eigenvalue weighted by Crippen LogP contribution is 2.26. The van der Waals surface area contributed by atoms with Crippen LogP contribution in [0.25, 0.3) is 0 Å². The van der Waals surface area contributed by atoms with E-state index >= 15 is 0 Å². The summed E-state index contributed by atoms with van der Waals surface area (Å²) in [4.78, 5) is 8.57. The molecule has 0 amide bonds. The van der Waals surface area contributed by atoms with E-state index in [1.807, 2.05) is 24.5 Å². The fraction of sp³-hybridized carbons (Fsp3) is 0.0909. The zero-order valence-corrected chi connectivity index (χ0v) is 13.7. The van der Waals surface area contributed by atoms with Gasteiger partial charge in [-0.05, 0) is 47.0 Å². The Morgan fingerprint density at radius 1 is 1.26 bits per heavy atom. The Balaban J connectivity index is 2.31. The molecule has 0 spiro atoms. The molecular weight excluding hydrogens is 397 g/mol. The van der Waals surface area contributed by atoms with Gasteiger partial charge in [-0.2, -0.15) is 0 Å². The smallest absolute Gasteiger partial charge is 0.191 e. The molecule has 4 N–H and O–H groups in total. The highest BCUT2D eigenvalue weighted by molar-refractivity contribution is 14.1. The van der Waals surface area contributed by atoms with Crippen LogP contribution in [0.4, 0.5) is 17.3 Å². The highest BCUT2D eigenvalue weighted by atomic mass is 127. The first-order chi connectivity index (χ1) is 9.12. The zero-order valence-electron chi connectivity index (χ0n) is 9.95. The monoisotopic (exact) mass is 407 g/mol. The summed E-state index contributed by atoms with van der Waals surface area (Å²) in [5.74, 6) is 6.62. The fourth-order valence-corrected chi connectivity index (χ4v) is 2.77. The van der Waals surface area contributed by atoms with Crippen LogP contribution in [0.15, 0.2) is 29.4 Å². The van der Waals surface area contributed by atoms with Crippen molar-refractivity contribution in [2.75, 3.05) is 17.0 Å². The van der Waals surface area contributed by atoms with Crippen molar-refractivity contribution in [1.82, 2.24) is 9.97 Å². The van der Waals surface area contributed by atoms with Crippen molar-refractivity contribution < 1.29 is 0 Å². The van der Waals surface area contributed by atoms with Gasteiger partial charge in [-0.1, -0.05) is 23.4 Å². The number of nitrogen functional groups attached to an aromatic ring is 1. The van der Waals surface area contributed by atoms with Gasteiger partial charge in [-0.15, -0.1) is 0 Å². The van der Waals surface area contributed by atoms with E-state index in [1.165, 1.54) is 11.8 Å². The molecule has 19 heavy (non-hydrogen) atoms. The van der Waals surface area contributed by atoms with Crippen LogP contribution in [0.2, 0.25) is 5.02 Å². The van der Waals surface area contributed by atoms with Crippen molar-refractivity contribution in [3.05, 3.63) is 32.9 Å². The average molecular weight is 408 g/mol. The summed E-state index contributed by atoms with van der Waals surface area (Å²) in [7, 11) is 0. The number of thioether (sulfide) groups is 1. The Labute approximate surface area is 133 Å². The van der Waals surface area contributed by atoms with Crippen molar-refractivity contribution in [1.29, 1.82) is 0 Å². The Kier molecular flexibility index (Phi) is 5.08. The maximum absolute atomic E-state index is 5.93. The second-order valence-corrected chi connectivity index (χ2v) is 5.89. The Morgan fingerprint density at radius 3 is 2.63 bits per heavy atom. The number of aromatic nitrogens is 2. The summed E-state index contributed by atoms with van der Waals surface area (Å²) in [6, 6.07) is 7.35. The minimum Gasteiger partial charge on any atom is -0.339 e. The van der Waals surface area contributed by atoms with E-state index < -0.39 is 0 Å². The maximum atomic E-state index is 5.93. The van der Waals surface area contributed by atoms with Gasteiger partial charge in [0, 0.05) is 14.7 Å². The number of nitrogens with one attached hydrogen (secondary N) is 2. The molecule has 0 fully saturated rings. The summed E-state index contributed by atoms with van der Waals surface area (Å²) in [6.45, 7) is 0. The van der Waals surface area contributed by atoms with Crippen LogP contribution >= 0.6 is 46.0 Å². The number of nitrogens with zero attached hydrogens (tertiary/aromatic N) is 2. The van der Waals surface area contributed by atoms with Crippen molar-refractivity contribution >= 4 is 63.3 Å². The fourth-order valence-electron chi connectivity index (χ4n) is 1.38. The van der Waals surface area contributed by atoms with Gasteiger partial charge in [0.1, 0.15) is 11.6 Å². The molecule has 0 aliphatic heterocycles. The van der Waals surface area contributed by atoms with Crippen molar-refractivity contribution in [2.45, 2.75) is 5.16 Å². The van der Waals surface area contributed by atoms with Crippen molar-refractivity contribution in [3.63, 3.8) is 0 Å². The normalized spacial score (nSPS) is 10.3. The minimum atomic E-state index is 0.561. The van der Waals surface area contributed by atoms with Crippen LogP contribution in [0.5, 0.6) is 0 Å². The largest absolute Gasteiger partial charge is 0.339 e. The number of hydrogen-bond acceptors (Lipinski definition) is 6. The van der Waals surface area contributed by atoms with Gasteiger partial charge in [0.15, 0.2) is 5.16 Å². The summed E-state index contributed by atoms with van der Waals surface area (Å²) in [5, 5.41) is 4.56. The Hall–Kier alpha value is -0.770. The molecule has 0 aliphatic rings. The maximum Gasteiger partial charge on any atom is 0.191 e. The predicted octanol–water partition coefficient (Wildman–Crippen LogP) is 3.49. The molecule has 2 aromatic rings. The van der Waals surface area contributed by atoms with Crippen molar-refractivity contribution in [2.24, 2.45) is 5.84 Å². The van der Waals surface area contributed by atoms with E-state index in [4.69, 9.17) is 17.4 Å². The standard InChI is InChI=1S/C11H11ClIN5S/c1-19-11-16-9(5-10(17-11)18-14)15-8-3-2-6(12)4-7(8)13/h2-5H,14H2,1H3,(H2,15,16,17,18). The summed E-state index contributed by atoms with van der Waals surface area (Å²) >= 11 is 9.59. The van der Waals surface area contributed by atoms with E-state index in [0.29, 0.717) is 21.8 Å². The lowest BCUT2D eigenvalue weighted by Gasteiger charge is -2.10. The second-order valence-electron chi connectivity index (χ2n) is 3.52. The van der Waals surface area contributed by atoms with E-state index in [9.17, 15) is 0 Å². The minimum absolute atomic E-state index is 0.561. The molecule has 100 valence electrons. The molecule has 0 saturated heterocycles. The van der Waals surface area contributed by atoms with Crippen LogP contribution < -0.4 is 16.6 Å². The number of rotatable bonds is 4. The molecule has 0 aliphatic carbocycles. The van der Waals surface area contributed by atoms with E-state index in [-0.39, 0.29) is 0 Å². The first-order valence-corrected chi connectivity index (χ1v) is 7.92. The average Bonchev–Trinajstić information content (AvgIpc) is 2.41. The first-order valence-electron chi connectivity index (χ1n) is 5.24. The number of nitrogens with two attached hydrogens (primary N) is 1. The molecular formula is C11H11ClIN5S. The van der Waals surface area contributed by atoms with Gasteiger partial charge in [0.25, 0.3) is 0 Å². The van der Waals surface area contributed by atoms with Gasteiger partial charge >= 0.3 is 0 Å². The Bertz CT molecular complexity index is 573. The molecule has 2 rings (SSSR count). The van der Waals surface area contributed by atoms with E-state index in [1.54, 1.807) is 6.07 Å². The van der Waals surface area contributed by atoms with E-state index in [0.717, 1.165) is 9.26 Å². The van der Waals surface area contributed by atoms with Crippen LogP contribution in [0.3, 0.4) is 0 Å². The molecule has 0 radical (unpaired) electrons. The van der Waals surface area contributed by atoms with Gasteiger partial charge in [0.2, 0.25) is 0 Å². The highest BCUT2D eigenvalue weighted by Gasteiger charge is 2.06. The molecule has 0 bridgehead atoms. The third-order valence-electron chi connectivity index (χ3n) is 2.23. The predicted molar refractivity (Wildman–Crippen MR) is 89.1 cm³/mol. The van der Waals surface area contributed by atoms with Gasteiger partial charge < -0.3 is 10.7 Å². The number of benzene rings is 1. The molecule has 1 heterocycles. The molecule has 5 nitrogen and oxygen atoms in total. The quantitative estimate of drug-likeness (QED) is 0.237. The molecule has 8 heteroatoms. The lowest BCUT2D eigenvalue weighted by molar-refractivity contribution is 0.971. The second kappa shape index (κ2) is 6.60. The summed E-state index contributed by atoms with van der Waals surface area (Å²) in [6.07, 6.45) is 1.91.